The van der Waals surface area contributed by atoms with Gasteiger partial charge in [-0.15, -0.1) is 0 Å². The fourth-order valence-electron chi connectivity index (χ4n) is 1.24. The summed E-state index contributed by atoms with van der Waals surface area (Å²) in [6, 6.07) is 0. The van der Waals surface area contributed by atoms with E-state index in [4.69, 9.17) is 5.73 Å². The van der Waals surface area contributed by atoms with E-state index in [0.717, 1.165) is 12.8 Å². The molecule has 1 fully saturated rings. The van der Waals surface area contributed by atoms with Gasteiger partial charge in [0.05, 0.1) is 0 Å². The van der Waals surface area contributed by atoms with Gasteiger partial charge in [-0.05, 0) is 18.3 Å². The molecule has 0 radical (unpaired) electrons. The van der Waals surface area contributed by atoms with Crippen molar-refractivity contribution >= 4 is 5.91 Å². The van der Waals surface area contributed by atoms with Crippen LogP contribution in [-0.4, -0.2) is 5.91 Å². The minimum absolute atomic E-state index is 0.126. The second kappa shape index (κ2) is 1.72. The summed E-state index contributed by atoms with van der Waals surface area (Å²) in [5.41, 5.74) is 5.37. The van der Waals surface area contributed by atoms with Crippen LogP contribution in [0.1, 0.15) is 26.7 Å². The van der Waals surface area contributed by atoms with Crippen molar-refractivity contribution in [3.63, 3.8) is 0 Å². The smallest absolute Gasteiger partial charge is 0.221 e. The van der Waals surface area contributed by atoms with Crippen molar-refractivity contribution in [3.05, 3.63) is 0 Å². The number of amides is 1. The maximum Gasteiger partial charge on any atom is 0.221 e. The van der Waals surface area contributed by atoms with Gasteiger partial charge in [0, 0.05) is 5.92 Å². The molecule has 0 bridgehead atoms. The van der Waals surface area contributed by atoms with Gasteiger partial charge in [-0.3, -0.25) is 4.79 Å². The van der Waals surface area contributed by atoms with Crippen molar-refractivity contribution in [2.24, 2.45) is 17.1 Å². The summed E-state index contributed by atoms with van der Waals surface area (Å²) in [5, 5.41) is 0. The predicted molar refractivity (Wildman–Crippen MR) is 35.7 cm³/mol. The molecule has 2 heteroatoms. The largest absolute Gasteiger partial charge is 0.369 e. The molecule has 2 unspecified atom stereocenters. The SMILES string of the molecule is CCC1(C)CC1C(N)=O. The lowest BCUT2D eigenvalue weighted by Crippen LogP contribution is -2.16. The van der Waals surface area contributed by atoms with E-state index in [1.807, 2.05) is 0 Å². The number of carbonyl (C=O) groups is 1. The Morgan fingerprint density at radius 2 is 2.44 bits per heavy atom. The normalized spacial score (nSPS) is 40.4. The molecular formula is C7H13NO. The monoisotopic (exact) mass is 127 g/mol. The van der Waals surface area contributed by atoms with Gasteiger partial charge in [-0.2, -0.15) is 0 Å². The van der Waals surface area contributed by atoms with Gasteiger partial charge in [0.2, 0.25) is 5.91 Å². The standard InChI is InChI=1S/C7H13NO/c1-3-7(2)4-5(7)6(8)9/h5H,3-4H2,1-2H3,(H2,8,9). The van der Waals surface area contributed by atoms with Crippen LogP contribution in [0.4, 0.5) is 0 Å². The molecule has 0 aromatic carbocycles. The van der Waals surface area contributed by atoms with E-state index in [9.17, 15) is 4.79 Å². The molecule has 1 saturated carbocycles. The molecule has 1 rings (SSSR count). The second-order valence-electron chi connectivity index (χ2n) is 3.17. The van der Waals surface area contributed by atoms with Gasteiger partial charge in [0.1, 0.15) is 0 Å². The van der Waals surface area contributed by atoms with Gasteiger partial charge in [-0.25, -0.2) is 0 Å². The van der Waals surface area contributed by atoms with E-state index in [1.165, 1.54) is 0 Å². The highest BCUT2D eigenvalue weighted by atomic mass is 16.1. The topological polar surface area (TPSA) is 43.1 Å². The van der Waals surface area contributed by atoms with E-state index < -0.39 is 0 Å². The van der Waals surface area contributed by atoms with Gasteiger partial charge >= 0.3 is 0 Å². The zero-order valence-corrected chi connectivity index (χ0v) is 5.98. The Balaban J connectivity index is 2.48. The van der Waals surface area contributed by atoms with Crippen LogP contribution in [-0.2, 0) is 4.79 Å². The molecule has 52 valence electrons. The minimum Gasteiger partial charge on any atom is -0.369 e. The van der Waals surface area contributed by atoms with Crippen LogP contribution in [0.15, 0.2) is 0 Å². The number of hydrogen-bond acceptors (Lipinski definition) is 1. The van der Waals surface area contributed by atoms with Crippen LogP contribution in [0.25, 0.3) is 0 Å². The Kier molecular flexibility index (Phi) is 1.26. The maximum absolute atomic E-state index is 10.6. The molecule has 0 saturated heterocycles. The third-order valence-electron chi connectivity index (χ3n) is 2.50. The Labute approximate surface area is 55.4 Å². The predicted octanol–water partition coefficient (Wildman–Crippen LogP) is 0.908. The average molecular weight is 127 g/mol. The van der Waals surface area contributed by atoms with Crippen LogP contribution >= 0.6 is 0 Å². The highest BCUT2D eigenvalue weighted by Gasteiger charge is 2.51. The Morgan fingerprint density at radius 3 is 2.56 bits per heavy atom. The highest BCUT2D eigenvalue weighted by Crippen LogP contribution is 2.54. The molecule has 0 heterocycles. The van der Waals surface area contributed by atoms with E-state index in [-0.39, 0.29) is 17.2 Å². The Bertz CT molecular complexity index is 144. The summed E-state index contributed by atoms with van der Waals surface area (Å²) >= 11 is 0. The van der Waals surface area contributed by atoms with Crippen molar-refractivity contribution in [2.45, 2.75) is 26.7 Å². The molecule has 1 amide bonds. The number of primary amides is 1. The number of rotatable bonds is 2. The van der Waals surface area contributed by atoms with E-state index >= 15 is 0 Å². The fraction of sp³-hybridized carbons (Fsp3) is 0.857. The average Bonchev–Trinajstić information content (AvgIpc) is 2.44. The maximum atomic E-state index is 10.6. The molecule has 2 N–H and O–H groups in total. The molecule has 1 aliphatic carbocycles. The summed E-state index contributed by atoms with van der Waals surface area (Å²) in [4.78, 5) is 10.6. The molecule has 2 atom stereocenters. The first kappa shape index (κ1) is 6.59. The number of carbonyl (C=O) groups excluding carboxylic acids is 1. The summed E-state index contributed by atoms with van der Waals surface area (Å²) in [5.74, 6) is 0.0434. The van der Waals surface area contributed by atoms with Crippen molar-refractivity contribution in [3.8, 4) is 0 Å². The lowest BCUT2D eigenvalue weighted by molar-refractivity contribution is -0.119. The van der Waals surface area contributed by atoms with Crippen molar-refractivity contribution in [1.29, 1.82) is 0 Å². The molecule has 9 heavy (non-hydrogen) atoms. The first-order valence-electron chi connectivity index (χ1n) is 3.39. The summed E-state index contributed by atoms with van der Waals surface area (Å²) in [7, 11) is 0. The molecule has 0 aromatic heterocycles. The summed E-state index contributed by atoms with van der Waals surface area (Å²) in [6.07, 6.45) is 2.07. The fourth-order valence-corrected chi connectivity index (χ4v) is 1.24. The first-order valence-corrected chi connectivity index (χ1v) is 3.39. The van der Waals surface area contributed by atoms with Crippen LogP contribution in [0.5, 0.6) is 0 Å². The highest BCUT2D eigenvalue weighted by molar-refractivity contribution is 5.80. The van der Waals surface area contributed by atoms with E-state index in [2.05, 4.69) is 13.8 Å². The molecule has 1 aliphatic rings. The summed E-state index contributed by atoms with van der Waals surface area (Å²) < 4.78 is 0. The third kappa shape index (κ3) is 0.934. The molecule has 2 nitrogen and oxygen atoms in total. The van der Waals surface area contributed by atoms with Crippen LogP contribution in [0.3, 0.4) is 0 Å². The van der Waals surface area contributed by atoms with Crippen LogP contribution in [0, 0.1) is 11.3 Å². The summed E-state index contributed by atoms with van der Waals surface area (Å²) in [6.45, 7) is 4.21. The molecule has 0 aliphatic heterocycles. The van der Waals surface area contributed by atoms with E-state index in [1.54, 1.807) is 0 Å². The van der Waals surface area contributed by atoms with Crippen LogP contribution in [0.2, 0.25) is 0 Å². The van der Waals surface area contributed by atoms with Gasteiger partial charge in [0.25, 0.3) is 0 Å². The lowest BCUT2D eigenvalue weighted by Gasteiger charge is -2.02. The van der Waals surface area contributed by atoms with Gasteiger partial charge in [-0.1, -0.05) is 13.8 Å². The zero-order valence-electron chi connectivity index (χ0n) is 5.98. The lowest BCUT2D eigenvalue weighted by atomic mass is 10.0. The Morgan fingerprint density at radius 1 is 1.89 bits per heavy atom. The van der Waals surface area contributed by atoms with Gasteiger partial charge in [0.15, 0.2) is 0 Å². The number of hydrogen-bond donors (Lipinski definition) is 1. The zero-order chi connectivity index (χ0) is 7.07. The second-order valence-corrected chi connectivity index (χ2v) is 3.17. The minimum atomic E-state index is -0.126. The van der Waals surface area contributed by atoms with Gasteiger partial charge < -0.3 is 5.73 Å². The first-order chi connectivity index (χ1) is 4.10. The molecule has 0 aromatic rings. The molecular weight excluding hydrogens is 114 g/mol. The Hall–Kier alpha value is -0.530. The van der Waals surface area contributed by atoms with Crippen molar-refractivity contribution in [2.75, 3.05) is 0 Å². The quantitative estimate of drug-likeness (QED) is 0.588. The van der Waals surface area contributed by atoms with Crippen molar-refractivity contribution < 1.29 is 4.79 Å². The van der Waals surface area contributed by atoms with Crippen LogP contribution < -0.4 is 5.73 Å². The third-order valence-corrected chi connectivity index (χ3v) is 2.50. The van der Waals surface area contributed by atoms with Crippen molar-refractivity contribution in [1.82, 2.24) is 0 Å². The van der Waals surface area contributed by atoms with E-state index in [0.29, 0.717) is 0 Å². The molecule has 0 spiro atoms. The number of nitrogens with two attached hydrogens (primary N) is 1.